The molecule has 8 atom stereocenters. The van der Waals surface area contributed by atoms with Crippen molar-refractivity contribution >= 4 is 71.4 Å². The van der Waals surface area contributed by atoms with Gasteiger partial charge in [0.2, 0.25) is 0 Å². The lowest BCUT2D eigenvalue weighted by atomic mass is 9.91. The SMILES string of the molecule is CN1CCN(c2cccc3[nH]c([C@H]4CCC[C@@H](c5ccccn5)N4C)nc23)CC1.CN1CCN(c2cccc3[nH]c([C@H]4CCC[C@@H](c5ncccc5Br)N4C)nc23)CC1.Cc1cccnc1[C@@H]1CCC[C@H](c2nc3ccccc3[nH]2)N1CCc1ccccn1.Cc1cccnc1[C@@H]1CCC[C@H](c2nc3ccccc3n2CCCN2CCC(F)(F)CC2)N1C. The number of aromatic amines is 3. The molecule has 123 heavy (non-hydrogen) atoms. The molecular formula is C98H121BrF2N22. The number of alkyl halides is 2. The van der Waals surface area contributed by atoms with Crippen LogP contribution < -0.4 is 9.80 Å². The summed E-state index contributed by atoms with van der Waals surface area (Å²) in [4.78, 5) is 76.5. The Bertz CT molecular complexity index is 5560. The van der Waals surface area contributed by atoms with Crippen LogP contribution in [0.2, 0.25) is 0 Å². The van der Waals surface area contributed by atoms with Crippen LogP contribution in [0, 0.1) is 13.8 Å². The highest BCUT2D eigenvalue weighted by molar-refractivity contribution is 9.10. The van der Waals surface area contributed by atoms with E-state index in [0.29, 0.717) is 37.3 Å². The van der Waals surface area contributed by atoms with Crippen molar-refractivity contribution in [1.29, 1.82) is 0 Å². The van der Waals surface area contributed by atoms with Gasteiger partial charge in [-0.15, -0.1) is 0 Å². The molecule has 13 aromatic rings. The predicted molar refractivity (Wildman–Crippen MR) is 492 cm³/mol. The van der Waals surface area contributed by atoms with E-state index in [1.165, 1.54) is 53.2 Å². The zero-order valence-electron chi connectivity index (χ0n) is 72.7. The Morgan fingerprint density at radius 2 is 0.878 bits per heavy atom. The molecule has 20 rings (SSSR count). The summed E-state index contributed by atoms with van der Waals surface area (Å²) < 4.78 is 30.5. The normalized spacial score (nSPS) is 23.0. The van der Waals surface area contributed by atoms with Crippen LogP contribution >= 0.6 is 15.9 Å². The summed E-state index contributed by atoms with van der Waals surface area (Å²) in [7, 11) is 11.0. The van der Waals surface area contributed by atoms with Gasteiger partial charge in [-0.05, 0) is 263 Å². The number of aromatic nitrogens is 13. The Morgan fingerprint density at radius 3 is 1.47 bits per heavy atom. The molecule has 0 aliphatic carbocycles. The van der Waals surface area contributed by atoms with Crippen molar-refractivity contribution in [2.45, 2.75) is 177 Å². The Balaban J connectivity index is 0.000000117. The first kappa shape index (κ1) is 85.3. The fourth-order valence-corrected chi connectivity index (χ4v) is 20.8. The molecule has 22 nitrogen and oxygen atoms in total. The van der Waals surface area contributed by atoms with Gasteiger partial charge in [0, 0.05) is 139 Å². The molecule has 16 heterocycles. The molecule has 7 saturated heterocycles. The number of nitrogens with zero attached hydrogens (tertiary/aromatic N) is 19. The standard InChI is InChI=1S/C27H35F2N5.C25H27N5.C23H29BrN6.C23H30N6/c1-20-8-6-15-30-25(20)23-11-5-12-24(32(23)2)26-31-21-9-3-4-10-22(21)34(26)17-7-16-33-18-13-27(28,29)14-19-33;1-18-8-7-16-27-24(18)22-12-6-13-23(25-28-20-10-2-3-11-21(20)29-25)30(22)17-14-19-9-4-5-15-26-19;1-28-12-14-30(15-13-28)19-9-3-7-17-22(19)27-23(26-17)20-10-4-8-18(29(20)2)21-16(24)6-5-11-25-21;1-27-13-15-29(16-14-27)20-10-5-8-18-22(20)26-23(25-18)21-11-6-9-19(28(21)2)17-7-3-4-12-24-17/h3-4,6,8-10,15,23-24H,5,7,11-14,16-19H2,1-2H3;2-5,7-11,15-16,22-23H,6,12-14,17H2,1H3,(H,28,29);3,5-7,9,11,18,20H,4,8,10,12-15H2,1-2H3,(H,26,27);3-5,7-8,10,12,19,21H,6,9,11,13-16H2,1-2H3,(H,25,26)/t23-,24+;22-,23+;18-,20+;19-,21+/m0000/s1. The second kappa shape index (κ2) is 39.2. The van der Waals surface area contributed by atoms with Crippen LogP contribution in [0.4, 0.5) is 20.2 Å². The lowest BCUT2D eigenvalue weighted by molar-refractivity contribution is -0.0552. The lowest BCUT2D eigenvalue weighted by Crippen LogP contribution is -2.44. The van der Waals surface area contributed by atoms with Gasteiger partial charge in [-0.2, -0.15) is 0 Å². The molecule has 7 aliphatic rings. The van der Waals surface area contributed by atoms with Gasteiger partial charge in [-0.1, -0.05) is 60.7 Å². The topological polar surface area (TPSA) is 197 Å². The second-order valence-electron chi connectivity index (χ2n) is 35.2. The number of nitrogens with one attached hydrogen (secondary N) is 3. The lowest BCUT2D eigenvalue weighted by Gasteiger charge is -2.41. The molecule has 0 spiro atoms. The zero-order chi connectivity index (χ0) is 84.5. The molecule has 0 bridgehead atoms. The van der Waals surface area contributed by atoms with E-state index in [1.54, 1.807) is 0 Å². The molecular weight excluding hydrogens is 1600 g/mol. The van der Waals surface area contributed by atoms with Gasteiger partial charge in [0.15, 0.2) is 0 Å². The molecule has 7 fully saturated rings. The summed E-state index contributed by atoms with van der Waals surface area (Å²) in [6.45, 7) is 16.5. The van der Waals surface area contributed by atoms with E-state index in [9.17, 15) is 8.78 Å². The van der Waals surface area contributed by atoms with Crippen molar-refractivity contribution in [3.05, 3.63) is 256 Å². The number of H-pyrrole nitrogens is 3. The molecule has 0 radical (unpaired) electrons. The van der Waals surface area contributed by atoms with E-state index < -0.39 is 5.92 Å². The smallest absolute Gasteiger partial charge is 0.250 e. The molecule has 0 saturated carbocycles. The van der Waals surface area contributed by atoms with Crippen LogP contribution in [0.5, 0.6) is 0 Å². The van der Waals surface area contributed by atoms with E-state index in [1.807, 2.05) is 73.4 Å². The number of pyridine rings is 5. The second-order valence-corrected chi connectivity index (χ2v) is 36.0. The maximum absolute atomic E-state index is 13.5. The summed E-state index contributed by atoms with van der Waals surface area (Å²) in [6.07, 6.45) is 24.9. The number of imidazole rings is 4. The van der Waals surface area contributed by atoms with Gasteiger partial charge in [0.1, 0.15) is 34.3 Å². The minimum atomic E-state index is -2.49. The Labute approximate surface area is 731 Å². The first-order valence-corrected chi connectivity index (χ1v) is 45.8. The fraction of sp³-hybridized carbons (Fsp3) is 0.459. The number of aryl methyl sites for hydroxylation is 3. The van der Waals surface area contributed by atoms with E-state index in [-0.39, 0.29) is 37.0 Å². The number of rotatable bonds is 17. The van der Waals surface area contributed by atoms with Gasteiger partial charge in [0.25, 0.3) is 5.92 Å². The highest BCUT2D eigenvalue weighted by atomic mass is 79.9. The van der Waals surface area contributed by atoms with E-state index >= 15 is 0 Å². The van der Waals surface area contributed by atoms with Crippen molar-refractivity contribution in [3.63, 3.8) is 0 Å². The number of para-hydroxylation sites is 6. The van der Waals surface area contributed by atoms with Crippen molar-refractivity contribution in [2.75, 3.05) is 124 Å². The quantitative estimate of drug-likeness (QED) is 0.0777. The molecule has 644 valence electrons. The first-order chi connectivity index (χ1) is 60.0. The molecule has 0 amide bonds. The van der Waals surface area contributed by atoms with Crippen molar-refractivity contribution in [1.82, 2.24) is 98.7 Å². The monoisotopic (exact) mass is 1720 g/mol. The number of hydrogen-bond acceptors (Lipinski definition) is 18. The number of anilines is 2. The summed E-state index contributed by atoms with van der Waals surface area (Å²) >= 11 is 3.70. The van der Waals surface area contributed by atoms with Crippen LogP contribution in [0.25, 0.3) is 44.1 Å². The number of piperidine rings is 5. The number of hydrogen-bond donors (Lipinski definition) is 3. The highest BCUT2D eigenvalue weighted by Gasteiger charge is 2.40. The number of likely N-dealkylation sites (tertiary alicyclic amines) is 5. The van der Waals surface area contributed by atoms with E-state index in [0.717, 1.165) is 232 Å². The van der Waals surface area contributed by atoms with Gasteiger partial charge in [-0.25, -0.2) is 28.7 Å². The van der Waals surface area contributed by atoms with Gasteiger partial charge >= 0.3 is 0 Å². The summed E-state index contributed by atoms with van der Waals surface area (Å²) in [5, 5.41) is 0. The van der Waals surface area contributed by atoms with Crippen molar-refractivity contribution < 1.29 is 8.78 Å². The Morgan fingerprint density at radius 1 is 0.398 bits per heavy atom. The average molecular weight is 1730 g/mol. The number of halogens is 3. The van der Waals surface area contributed by atoms with Crippen molar-refractivity contribution in [2.24, 2.45) is 0 Å². The molecule has 3 N–H and O–H groups in total. The minimum absolute atomic E-state index is 0.0204. The third-order valence-corrected chi connectivity index (χ3v) is 27.9. The maximum Gasteiger partial charge on any atom is 0.250 e. The van der Waals surface area contributed by atoms with Crippen LogP contribution in [0.15, 0.2) is 193 Å². The molecule has 7 aliphatic heterocycles. The molecule has 0 unspecified atom stereocenters. The Hall–Kier alpha value is -9.83. The molecule has 4 aromatic carbocycles. The number of piperazine rings is 2. The highest BCUT2D eigenvalue weighted by Crippen LogP contribution is 2.47. The molecule has 25 heteroatoms. The van der Waals surface area contributed by atoms with Crippen LogP contribution in [-0.4, -0.2) is 218 Å². The van der Waals surface area contributed by atoms with Crippen LogP contribution in [0.3, 0.4) is 0 Å². The third-order valence-electron chi connectivity index (χ3n) is 27.3. The van der Waals surface area contributed by atoms with E-state index in [4.69, 9.17) is 29.9 Å². The number of likely N-dealkylation sites (N-methyl/N-ethyl adjacent to an activating group) is 2. The summed E-state index contributed by atoms with van der Waals surface area (Å²) in [5.41, 5.74) is 19.6. The average Bonchev–Trinajstić information content (AvgIpc) is 1.67. The van der Waals surface area contributed by atoms with Crippen molar-refractivity contribution in [3.8, 4) is 0 Å². The molecule has 9 aromatic heterocycles. The minimum Gasteiger partial charge on any atom is -0.367 e. The van der Waals surface area contributed by atoms with Crippen LogP contribution in [-0.2, 0) is 13.0 Å². The fourth-order valence-electron chi connectivity index (χ4n) is 20.3. The summed E-state index contributed by atoms with van der Waals surface area (Å²) in [6, 6.07) is 56.7. The number of fused-ring (bicyclic) bond motifs is 4. The Kier molecular flexibility index (Phi) is 27.2. The van der Waals surface area contributed by atoms with Gasteiger partial charge in [0.05, 0.1) is 116 Å². The first-order valence-electron chi connectivity index (χ1n) is 45.0. The van der Waals surface area contributed by atoms with Crippen LogP contribution in [0.1, 0.15) is 208 Å². The van der Waals surface area contributed by atoms with E-state index in [2.05, 4.69) is 259 Å². The summed E-state index contributed by atoms with van der Waals surface area (Å²) in [5.74, 6) is 1.86. The third kappa shape index (κ3) is 19.5. The largest absolute Gasteiger partial charge is 0.367 e. The van der Waals surface area contributed by atoms with Gasteiger partial charge < -0.3 is 44.0 Å². The number of benzene rings is 4. The zero-order valence-corrected chi connectivity index (χ0v) is 74.2. The maximum atomic E-state index is 13.5. The predicted octanol–water partition coefficient (Wildman–Crippen LogP) is 18.9. The van der Waals surface area contributed by atoms with Gasteiger partial charge in [-0.3, -0.25) is 44.5 Å².